The van der Waals surface area contributed by atoms with Crippen molar-refractivity contribution in [3.05, 3.63) is 24.3 Å². The van der Waals surface area contributed by atoms with Gasteiger partial charge in [0.05, 0.1) is 25.4 Å². The van der Waals surface area contributed by atoms with Crippen molar-refractivity contribution in [1.29, 1.82) is 0 Å². The summed E-state index contributed by atoms with van der Waals surface area (Å²) in [5, 5.41) is 23.2. The lowest BCUT2D eigenvalue weighted by molar-refractivity contribution is -0.143. The maximum absolute atomic E-state index is 12.5. The summed E-state index contributed by atoms with van der Waals surface area (Å²) in [5.41, 5.74) is 0. The molecular formula is C67H129NO5. The molecule has 0 aromatic carbocycles. The zero-order chi connectivity index (χ0) is 52.9. The van der Waals surface area contributed by atoms with Crippen molar-refractivity contribution < 1.29 is 24.5 Å². The van der Waals surface area contributed by atoms with Gasteiger partial charge in [0.1, 0.15) is 0 Å². The van der Waals surface area contributed by atoms with Gasteiger partial charge in [-0.15, -0.1) is 0 Å². The third-order valence-corrected chi connectivity index (χ3v) is 15.5. The van der Waals surface area contributed by atoms with Gasteiger partial charge in [0.2, 0.25) is 5.91 Å². The second-order valence-corrected chi connectivity index (χ2v) is 22.8. The minimum atomic E-state index is -0.853. The highest BCUT2D eigenvalue weighted by molar-refractivity contribution is 5.76. The van der Waals surface area contributed by atoms with Crippen molar-refractivity contribution in [2.45, 2.75) is 379 Å². The number of ether oxygens (including phenoxy) is 1. The predicted molar refractivity (Wildman–Crippen MR) is 320 cm³/mol. The standard InChI is InChI=1S/C67H129NO5/c1-3-5-7-9-11-13-15-17-19-21-22-23-24-25-26-28-31-35-39-43-47-51-55-59-65(70)64(63-69)68-66(71)60-56-52-48-44-40-36-32-29-27-30-34-38-42-46-50-54-58-62-73-67(72)61-57-53-49-45-41-37-33-20-18-16-14-12-10-8-6-4-2/h27,30,55,59,64-65,69-70H,3-26,28-29,31-54,56-58,60-63H2,1-2H3,(H,68,71)/b30-27-,59-55+. The molecule has 3 N–H and O–H groups in total. The van der Waals surface area contributed by atoms with E-state index < -0.39 is 12.1 Å². The van der Waals surface area contributed by atoms with E-state index in [-0.39, 0.29) is 18.5 Å². The third-order valence-electron chi connectivity index (χ3n) is 15.5. The van der Waals surface area contributed by atoms with Gasteiger partial charge in [0, 0.05) is 12.8 Å². The molecule has 2 unspecified atom stereocenters. The first-order valence-electron chi connectivity index (χ1n) is 33.1. The first-order chi connectivity index (χ1) is 36.0. The largest absolute Gasteiger partial charge is 0.466 e. The molecular weight excluding hydrogens is 899 g/mol. The second kappa shape index (κ2) is 62.9. The van der Waals surface area contributed by atoms with Crippen LogP contribution < -0.4 is 5.32 Å². The van der Waals surface area contributed by atoms with Crippen LogP contribution >= 0.6 is 0 Å². The number of hydrogen-bond acceptors (Lipinski definition) is 5. The van der Waals surface area contributed by atoms with E-state index in [0.717, 1.165) is 57.8 Å². The first kappa shape index (κ1) is 71.3. The van der Waals surface area contributed by atoms with Gasteiger partial charge in [-0.05, 0) is 57.8 Å². The number of rotatable bonds is 62. The lowest BCUT2D eigenvalue weighted by atomic mass is 10.0. The SMILES string of the molecule is CCCCCCCCCCCCCCCCCCCCCCC/C=C/C(O)C(CO)NC(=O)CCCCCCCCC/C=C\CCCCCCCCOC(=O)CCCCCCCCCCCCCCCCCC. The number of nitrogens with one attached hydrogen (secondary N) is 1. The van der Waals surface area contributed by atoms with Crippen LogP contribution in [-0.2, 0) is 14.3 Å². The van der Waals surface area contributed by atoms with E-state index in [1.807, 2.05) is 6.08 Å². The zero-order valence-electron chi connectivity index (χ0n) is 49.4. The van der Waals surface area contributed by atoms with Crippen LogP contribution in [0.15, 0.2) is 24.3 Å². The maximum atomic E-state index is 12.5. The Kier molecular flexibility index (Phi) is 61.4. The molecule has 6 heteroatoms. The zero-order valence-corrected chi connectivity index (χ0v) is 49.4. The summed E-state index contributed by atoms with van der Waals surface area (Å²) in [5.74, 6) is -0.0746. The molecule has 1 amide bonds. The van der Waals surface area contributed by atoms with Crippen LogP contribution in [0.25, 0.3) is 0 Å². The van der Waals surface area contributed by atoms with Crippen LogP contribution in [0.3, 0.4) is 0 Å². The summed E-state index contributed by atoms with van der Waals surface area (Å²) in [7, 11) is 0. The summed E-state index contributed by atoms with van der Waals surface area (Å²) in [6.07, 6.45) is 78.0. The Bertz CT molecular complexity index is 1140. The fourth-order valence-electron chi connectivity index (χ4n) is 10.4. The Morgan fingerprint density at radius 2 is 0.644 bits per heavy atom. The van der Waals surface area contributed by atoms with Crippen molar-refractivity contribution >= 4 is 11.9 Å². The number of esters is 1. The van der Waals surface area contributed by atoms with E-state index in [4.69, 9.17) is 4.74 Å². The van der Waals surface area contributed by atoms with Crippen molar-refractivity contribution in [2.75, 3.05) is 13.2 Å². The van der Waals surface area contributed by atoms with Gasteiger partial charge < -0.3 is 20.3 Å². The van der Waals surface area contributed by atoms with Crippen LogP contribution in [0.4, 0.5) is 0 Å². The fraction of sp³-hybridized carbons (Fsp3) is 0.910. The molecule has 0 aliphatic heterocycles. The summed E-state index contributed by atoms with van der Waals surface area (Å²) >= 11 is 0. The molecule has 0 fully saturated rings. The van der Waals surface area contributed by atoms with Crippen LogP contribution in [-0.4, -0.2) is 47.4 Å². The normalized spacial score (nSPS) is 12.7. The van der Waals surface area contributed by atoms with Gasteiger partial charge >= 0.3 is 5.97 Å². The molecule has 0 heterocycles. The molecule has 0 saturated heterocycles. The summed E-state index contributed by atoms with van der Waals surface area (Å²) < 4.78 is 5.49. The summed E-state index contributed by atoms with van der Waals surface area (Å²) in [6.45, 7) is 4.92. The summed E-state index contributed by atoms with van der Waals surface area (Å²) in [6, 6.07) is -0.638. The number of allylic oxidation sites excluding steroid dienone is 3. The smallest absolute Gasteiger partial charge is 0.305 e. The molecule has 0 saturated carbocycles. The number of aliphatic hydroxyl groups excluding tert-OH is 2. The van der Waals surface area contributed by atoms with Gasteiger partial charge in [0.15, 0.2) is 0 Å². The van der Waals surface area contributed by atoms with Gasteiger partial charge in [-0.25, -0.2) is 0 Å². The van der Waals surface area contributed by atoms with Crippen LogP contribution in [0.5, 0.6) is 0 Å². The van der Waals surface area contributed by atoms with Gasteiger partial charge in [-0.2, -0.15) is 0 Å². The highest BCUT2D eigenvalue weighted by Gasteiger charge is 2.18. The number of carbonyl (C=O) groups excluding carboxylic acids is 2. The monoisotopic (exact) mass is 1030 g/mol. The minimum absolute atomic E-state index is 0.00154. The van der Waals surface area contributed by atoms with E-state index in [1.54, 1.807) is 6.08 Å². The van der Waals surface area contributed by atoms with Gasteiger partial charge in [-0.1, -0.05) is 321 Å². The van der Waals surface area contributed by atoms with Gasteiger partial charge in [0.25, 0.3) is 0 Å². The third kappa shape index (κ3) is 59.4. The van der Waals surface area contributed by atoms with Crippen molar-refractivity contribution in [3.8, 4) is 0 Å². The average Bonchev–Trinajstić information content (AvgIpc) is 3.39. The Morgan fingerprint density at radius 1 is 0.370 bits per heavy atom. The molecule has 73 heavy (non-hydrogen) atoms. The van der Waals surface area contributed by atoms with E-state index in [1.165, 1.54) is 283 Å². The van der Waals surface area contributed by atoms with E-state index in [9.17, 15) is 19.8 Å². The maximum Gasteiger partial charge on any atom is 0.305 e. The van der Waals surface area contributed by atoms with Crippen molar-refractivity contribution in [3.63, 3.8) is 0 Å². The highest BCUT2D eigenvalue weighted by Crippen LogP contribution is 2.18. The molecule has 0 rings (SSSR count). The second-order valence-electron chi connectivity index (χ2n) is 22.8. The molecule has 0 radical (unpaired) electrons. The van der Waals surface area contributed by atoms with Crippen LogP contribution in [0, 0.1) is 0 Å². The molecule has 0 aromatic heterocycles. The first-order valence-corrected chi connectivity index (χ1v) is 33.1. The quantitative estimate of drug-likeness (QED) is 0.0320. The van der Waals surface area contributed by atoms with Crippen LogP contribution in [0.1, 0.15) is 367 Å². The predicted octanol–water partition coefficient (Wildman–Crippen LogP) is 21.0. The number of carbonyl (C=O) groups is 2. The average molecular weight is 1030 g/mol. The Morgan fingerprint density at radius 3 is 0.973 bits per heavy atom. The lowest BCUT2D eigenvalue weighted by Gasteiger charge is -2.20. The van der Waals surface area contributed by atoms with E-state index >= 15 is 0 Å². The summed E-state index contributed by atoms with van der Waals surface area (Å²) in [4.78, 5) is 24.6. The lowest BCUT2D eigenvalue weighted by Crippen LogP contribution is -2.45. The number of amides is 1. The van der Waals surface area contributed by atoms with Crippen LogP contribution in [0.2, 0.25) is 0 Å². The molecule has 0 bridgehead atoms. The number of aliphatic hydroxyl groups is 2. The Balaban J connectivity index is 3.47. The fourth-order valence-corrected chi connectivity index (χ4v) is 10.4. The van der Waals surface area contributed by atoms with E-state index in [2.05, 4.69) is 31.3 Å². The molecule has 0 aliphatic rings. The van der Waals surface area contributed by atoms with Crippen molar-refractivity contribution in [2.24, 2.45) is 0 Å². The van der Waals surface area contributed by atoms with Crippen molar-refractivity contribution in [1.82, 2.24) is 5.32 Å². The molecule has 0 spiro atoms. The molecule has 432 valence electrons. The minimum Gasteiger partial charge on any atom is -0.466 e. The number of hydrogen-bond donors (Lipinski definition) is 3. The molecule has 0 aliphatic carbocycles. The Hall–Kier alpha value is -1.66. The van der Waals surface area contributed by atoms with Gasteiger partial charge in [-0.3, -0.25) is 9.59 Å². The van der Waals surface area contributed by atoms with E-state index in [0.29, 0.717) is 19.4 Å². The topological polar surface area (TPSA) is 95.9 Å². The molecule has 6 nitrogen and oxygen atoms in total. The Labute approximate surface area is 456 Å². The molecule has 0 aromatic rings. The number of unbranched alkanes of at least 4 members (excludes halogenated alkanes) is 49. The molecule has 2 atom stereocenters. The highest BCUT2D eigenvalue weighted by atomic mass is 16.5.